The van der Waals surface area contributed by atoms with E-state index in [1.165, 1.54) is 0 Å². The van der Waals surface area contributed by atoms with Crippen molar-refractivity contribution in [2.24, 2.45) is 4.99 Å². The van der Waals surface area contributed by atoms with Gasteiger partial charge in [-0.3, -0.25) is 0 Å². The summed E-state index contributed by atoms with van der Waals surface area (Å²) in [4.78, 5) is 9.25. The fraction of sp³-hybridized carbons (Fsp3) is 0.429. The number of para-hydroxylation sites is 1. The monoisotopic (exact) mass is 416 g/mol. The van der Waals surface area contributed by atoms with Crippen LogP contribution in [0.25, 0.3) is 21.0 Å². The number of furan rings is 1. The van der Waals surface area contributed by atoms with Gasteiger partial charge in [-0.05, 0) is 37.6 Å². The van der Waals surface area contributed by atoms with Gasteiger partial charge in [-0.25, -0.2) is 9.98 Å². The molecule has 0 radical (unpaired) electrons. The lowest BCUT2D eigenvalue weighted by Gasteiger charge is -2.11. The van der Waals surface area contributed by atoms with Crippen LogP contribution >= 0.6 is 11.3 Å². The molecule has 0 saturated heterocycles. The maximum Gasteiger partial charge on any atom is 0.191 e. The molecule has 3 rings (SSSR count). The summed E-state index contributed by atoms with van der Waals surface area (Å²) in [6, 6.07) is 12.0. The average Bonchev–Trinajstić information content (AvgIpc) is 3.38. The number of fused-ring (bicyclic) bond motifs is 1. The highest BCUT2D eigenvalue weighted by Crippen LogP contribution is 2.31. The Morgan fingerprint density at radius 3 is 2.86 bits per heavy atom. The average molecular weight is 417 g/mol. The van der Waals surface area contributed by atoms with E-state index in [-0.39, 0.29) is 0 Å². The molecule has 0 spiro atoms. The van der Waals surface area contributed by atoms with E-state index in [1.807, 2.05) is 37.3 Å². The number of aromatic nitrogens is 1. The van der Waals surface area contributed by atoms with Crippen LogP contribution in [0, 0.1) is 0 Å². The second-order valence-corrected chi connectivity index (χ2v) is 7.36. The van der Waals surface area contributed by atoms with Gasteiger partial charge in [0.05, 0.1) is 23.4 Å². The van der Waals surface area contributed by atoms with E-state index in [0.717, 1.165) is 52.2 Å². The molecule has 156 valence electrons. The van der Waals surface area contributed by atoms with Crippen molar-refractivity contribution >= 4 is 27.5 Å². The molecular weight excluding hydrogens is 388 g/mol. The van der Waals surface area contributed by atoms with Crippen LogP contribution in [0.1, 0.15) is 19.1 Å². The van der Waals surface area contributed by atoms with Crippen molar-refractivity contribution < 1.29 is 13.9 Å². The number of methoxy groups -OCH3 is 1. The van der Waals surface area contributed by atoms with Gasteiger partial charge in [0.2, 0.25) is 0 Å². The predicted octanol–water partition coefficient (Wildman–Crippen LogP) is 3.66. The van der Waals surface area contributed by atoms with E-state index >= 15 is 0 Å². The van der Waals surface area contributed by atoms with E-state index in [0.29, 0.717) is 26.4 Å². The molecule has 1 aromatic carbocycles. The van der Waals surface area contributed by atoms with Crippen LogP contribution in [-0.4, -0.2) is 51.0 Å². The maximum absolute atomic E-state index is 5.96. The third kappa shape index (κ3) is 6.56. The fourth-order valence-electron chi connectivity index (χ4n) is 2.68. The summed E-state index contributed by atoms with van der Waals surface area (Å²) in [6.07, 6.45) is 0.899. The first-order valence-electron chi connectivity index (χ1n) is 9.83. The number of thiazole rings is 1. The molecule has 0 unspecified atom stereocenters. The van der Waals surface area contributed by atoms with Gasteiger partial charge in [0.25, 0.3) is 0 Å². The van der Waals surface area contributed by atoms with Gasteiger partial charge in [0.15, 0.2) is 16.7 Å². The van der Waals surface area contributed by atoms with Crippen LogP contribution in [0.4, 0.5) is 0 Å². The summed E-state index contributed by atoms with van der Waals surface area (Å²) in [5.41, 5.74) is 0.994. The summed E-state index contributed by atoms with van der Waals surface area (Å²) in [5, 5.41) is 7.45. The Morgan fingerprint density at radius 1 is 1.14 bits per heavy atom. The van der Waals surface area contributed by atoms with Crippen molar-refractivity contribution in [3.8, 4) is 10.8 Å². The second kappa shape index (κ2) is 11.5. The Labute approximate surface area is 175 Å². The van der Waals surface area contributed by atoms with E-state index in [2.05, 4.69) is 26.7 Å². The molecule has 7 nitrogen and oxygen atoms in total. The predicted molar refractivity (Wildman–Crippen MR) is 117 cm³/mol. The summed E-state index contributed by atoms with van der Waals surface area (Å²) in [6.45, 7) is 6.03. The number of aliphatic imine (C=N–C) groups is 1. The van der Waals surface area contributed by atoms with Gasteiger partial charge in [-0.2, -0.15) is 0 Å². The van der Waals surface area contributed by atoms with Crippen LogP contribution in [0.3, 0.4) is 0 Å². The number of benzene rings is 1. The van der Waals surface area contributed by atoms with E-state index < -0.39 is 0 Å². The lowest BCUT2D eigenvalue weighted by atomic mass is 10.3. The van der Waals surface area contributed by atoms with Gasteiger partial charge >= 0.3 is 0 Å². The Hall–Kier alpha value is -2.42. The van der Waals surface area contributed by atoms with Gasteiger partial charge in [-0.15, -0.1) is 11.3 Å². The zero-order chi connectivity index (χ0) is 20.3. The topological polar surface area (TPSA) is 80.9 Å². The molecule has 29 heavy (non-hydrogen) atoms. The van der Waals surface area contributed by atoms with Crippen LogP contribution in [0.5, 0.6) is 0 Å². The molecule has 2 heterocycles. The number of nitrogens with zero attached hydrogens (tertiary/aromatic N) is 2. The number of rotatable bonds is 11. The molecule has 0 amide bonds. The normalized spacial score (nSPS) is 11.9. The fourth-order valence-corrected chi connectivity index (χ4v) is 3.61. The minimum atomic E-state index is 0.463. The highest BCUT2D eigenvalue weighted by Gasteiger charge is 2.10. The standard InChI is InChI=1S/C21H28N4O3S/c1-3-22-21(23-11-6-12-27-14-13-26-2)24-15-16-9-10-18(28-16)20-25-17-7-4-5-8-19(17)29-20/h4-5,7-10H,3,6,11-15H2,1-2H3,(H2,22,23,24). The quantitative estimate of drug-likeness (QED) is 0.282. The van der Waals surface area contributed by atoms with Crippen molar-refractivity contribution in [1.29, 1.82) is 0 Å². The van der Waals surface area contributed by atoms with Crippen molar-refractivity contribution in [1.82, 2.24) is 15.6 Å². The minimum Gasteiger partial charge on any atom is -0.457 e. The van der Waals surface area contributed by atoms with Gasteiger partial charge in [0, 0.05) is 26.8 Å². The molecule has 0 bridgehead atoms. The number of guanidine groups is 1. The Bertz CT molecular complexity index is 873. The zero-order valence-electron chi connectivity index (χ0n) is 16.9. The van der Waals surface area contributed by atoms with Crippen molar-refractivity contribution in [3.63, 3.8) is 0 Å². The zero-order valence-corrected chi connectivity index (χ0v) is 17.8. The minimum absolute atomic E-state index is 0.463. The Balaban J connectivity index is 1.51. The maximum atomic E-state index is 5.96. The van der Waals surface area contributed by atoms with Crippen molar-refractivity contribution in [2.75, 3.05) is 40.0 Å². The van der Waals surface area contributed by atoms with Crippen LogP contribution in [0.15, 0.2) is 45.8 Å². The van der Waals surface area contributed by atoms with Crippen LogP contribution in [-0.2, 0) is 16.0 Å². The number of hydrogen-bond donors (Lipinski definition) is 2. The SMILES string of the molecule is CCNC(=NCc1ccc(-c2nc3ccccc3s2)o1)NCCCOCCOC. The molecule has 0 saturated carbocycles. The third-order valence-electron chi connectivity index (χ3n) is 4.09. The van der Waals surface area contributed by atoms with Gasteiger partial charge in [-0.1, -0.05) is 12.1 Å². The molecule has 8 heteroatoms. The molecule has 0 aliphatic heterocycles. The Kier molecular flexibility index (Phi) is 8.48. The number of nitrogens with one attached hydrogen (secondary N) is 2. The second-order valence-electron chi connectivity index (χ2n) is 6.33. The molecule has 0 aliphatic rings. The smallest absolute Gasteiger partial charge is 0.191 e. The lowest BCUT2D eigenvalue weighted by molar-refractivity contribution is 0.0698. The molecule has 0 aliphatic carbocycles. The summed E-state index contributed by atoms with van der Waals surface area (Å²) in [7, 11) is 1.67. The molecular formula is C21H28N4O3S. The summed E-state index contributed by atoms with van der Waals surface area (Å²) in [5.74, 6) is 2.35. The first-order chi connectivity index (χ1) is 14.3. The van der Waals surface area contributed by atoms with Crippen LogP contribution in [0.2, 0.25) is 0 Å². The molecule has 0 atom stereocenters. The first kappa shape index (κ1) is 21.3. The first-order valence-corrected chi connectivity index (χ1v) is 10.7. The van der Waals surface area contributed by atoms with Gasteiger partial charge in [0.1, 0.15) is 12.3 Å². The molecule has 3 aromatic rings. The van der Waals surface area contributed by atoms with Crippen molar-refractivity contribution in [2.45, 2.75) is 19.9 Å². The van der Waals surface area contributed by atoms with Crippen molar-refractivity contribution in [3.05, 3.63) is 42.2 Å². The summed E-state index contributed by atoms with van der Waals surface area (Å²) >= 11 is 1.63. The van der Waals surface area contributed by atoms with Gasteiger partial charge < -0.3 is 24.5 Å². The highest BCUT2D eigenvalue weighted by molar-refractivity contribution is 7.21. The molecule has 0 fully saturated rings. The van der Waals surface area contributed by atoms with E-state index in [9.17, 15) is 0 Å². The number of hydrogen-bond acceptors (Lipinski definition) is 6. The number of ether oxygens (including phenoxy) is 2. The van der Waals surface area contributed by atoms with E-state index in [4.69, 9.17) is 13.9 Å². The third-order valence-corrected chi connectivity index (χ3v) is 5.14. The molecule has 2 N–H and O–H groups in total. The summed E-state index contributed by atoms with van der Waals surface area (Å²) < 4.78 is 17.5. The largest absolute Gasteiger partial charge is 0.457 e. The van der Waals surface area contributed by atoms with E-state index in [1.54, 1.807) is 18.4 Å². The lowest BCUT2D eigenvalue weighted by Crippen LogP contribution is -2.38. The molecule has 2 aromatic heterocycles. The highest BCUT2D eigenvalue weighted by atomic mass is 32.1. The van der Waals surface area contributed by atoms with Crippen LogP contribution < -0.4 is 10.6 Å². The Morgan fingerprint density at radius 2 is 2.03 bits per heavy atom.